The van der Waals surface area contributed by atoms with E-state index in [-0.39, 0.29) is 18.1 Å². The number of nitrogens with one attached hydrogen (secondary N) is 2. The van der Waals surface area contributed by atoms with Gasteiger partial charge in [-0.3, -0.25) is 0 Å². The Morgan fingerprint density at radius 1 is 1.17 bits per heavy atom. The van der Waals surface area contributed by atoms with Gasteiger partial charge in [0.25, 0.3) is 0 Å². The highest BCUT2D eigenvalue weighted by atomic mass is 35.5. The lowest BCUT2D eigenvalue weighted by molar-refractivity contribution is -0.137. The molecule has 2 unspecified atom stereocenters. The first-order valence-electron chi connectivity index (χ1n) is 7.30. The maximum absolute atomic E-state index is 12.9. The number of sulfonamides is 1. The van der Waals surface area contributed by atoms with Gasteiger partial charge in [0, 0.05) is 18.1 Å². The molecule has 2 heterocycles. The van der Waals surface area contributed by atoms with E-state index >= 15 is 0 Å². The van der Waals surface area contributed by atoms with Gasteiger partial charge in [0.15, 0.2) is 0 Å². The van der Waals surface area contributed by atoms with Gasteiger partial charge in [0.1, 0.15) is 0 Å². The van der Waals surface area contributed by atoms with E-state index in [4.69, 9.17) is 11.6 Å². The van der Waals surface area contributed by atoms with Crippen LogP contribution in [0, 0.1) is 0 Å². The van der Waals surface area contributed by atoms with Gasteiger partial charge in [-0.1, -0.05) is 11.6 Å². The summed E-state index contributed by atoms with van der Waals surface area (Å²) >= 11 is 5.53. The number of halogens is 4. The summed E-state index contributed by atoms with van der Waals surface area (Å²) in [6, 6.07) is 2.93. The number of rotatable bonds is 3. The molecule has 128 valence electrons. The van der Waals surface area contributed by atoms with E-state index < -0.39 is 31.7 Å². The zero-order valence-electron chi connectivity index (χ0n) is 12.0. The van der Waals surface area contributed by atoms with Crippen LogP contribution in [-0.4, -0.2) is 26.5 Å². The van der Waals surface area contributed by atoms with Crippen LogP contribution in [0.5, 0.6) is 0 Å². The molecule has 0 radical (unpaired) electrons. The van der Waals surface area contributed by atoms with Crippen LogP contribution in [-0.2, 0) is 16.2 Å². The van der Waals surface area contributed by atoms with Crippen molar-refractivity contribution in [2.45, 2.75) is 54.9 Å². The number of piperidine rings is 1. The monoisotopic (exact) mass is 368 g/mol. The molecule has 2 atom stereocenters. The van der Waals surface area contributed by atoms with Gasteiger partial charge in [-0.05, 0) is 43.9 Å². The third-order valence-electron chi connectivity index (χ3n) is 4.35. The highest BCUT2D eigenvalue weighted by molar-refractivity contribution is 7.89. The van der Waals surface area contributed by atoms with Crippen LogP contribution in [0.15, 0.2) is 23.1 Å². The van der Waals surface area contributed by atoms with Gasteiger partial charge in [0.05, 0.1) is 15.5 Å². The summed E-state index contributed by atoms with van der Waals surface area (Å²) in [7, 11) is -4.01. The van der Waals surface area contributed by atoms with E-state index in [2.05, 4.69) is 10.0 Å². The molecule has 2 aliphatic rings. The minimum atomic E-state index is -4.70. The molecule has 2 N–H and O–H groups in total. The largest absolute Gasteiger partial charge is 0.417 e. The lowest BCUT2D eigenvalue weighted by Gasteiger charge is -2.29. The fourth-order valence-electron chi connectivity index (χ4n) is 3.33. The highest BCUT2D eigenvalue weighted by Crippen LogP contribution is 2.36. The first-order chi connectivity index (χ1) is 10.6. The average Bonchev–Trinajstić information content (AvgIpc) is 2.76. The van der Waals surface area contributed by atoms with E-state index in [1.54, 1.807) is 0 Å². The maximum Gasteiger partial charge on any atom is 0.417 e. The van der Waals surface area contributed by atoms with E-state index in [0.717, 1.165) is 25.0 Å². The fraction of sp³-hybridized carbons (Fsp3) is 0.571. The van der Waals surface area contributed by atoms with Gasteiger partial charge >= 0.3 is 6.18 Å². The van der Waals surface area contributed by atoms with Crippen molar-refractivity contribution >= 4 is 21.6 Å². The van der Waals surface area contributed by atoms with E-state index in [1.807, 2.05) is 0 Å². The Labute approximate surface area is 137 Å². The molecule has 9 heteroatoms. The number of hydrogen-bond acceptors (Lipinski definition) is 3. The molecule has 2 fully saturated rings. The van der Waals surface area contributed by atoms with Crippen LogP contribution in [0.3, 0.4) is 0 Å². The average molecular weight is 369 g/mol. The second-order valence-electron chi connectivity index (χ2n) is 6.07. The van der Waals surface area contributed by atoms with Gasteiger partial charge in [-0.15, -0.1) is 0 Å². The summed E-state index contributed by atoms with van der Waals surface area (Å²) in [5, 5.41) is 2.86. The molecule has 1 aromatic rings. The normalized spacial score (nSPS) is 28.1. The molecule has 23 heavy (non-hydrogen) atoms. The van der Waals surface area contributed by atoms with Crippen LogP contribution in [0.1, 0.15) is 31.2 Å². The Bertz CT molecular complexity index is 696. The summed E-state index contributed by atoms with van der Waals surface area (Å²) in [6.45, 7) is 0. The molecule has 0 aliphatic carbocycles. The molecule has 4 nitrogen and oxygen atoms in total. The molecule has 2 aliphatic heterocycles. The Balaban J connectivity index is 1.82. The van der Waals surface area contributed by atoms with Crippen molar-refractivity contribution in [3.05, 3.63) is 28.8 Å². The van der Waals surface area contributed by atoms with Gasteiger partial charge in [-0.25, -0.2) is 13.1 Å². The van der Waals surface area contributed by atoms with Crippen LogP contribution >= 0.6 is 11.6 Å². The third kappa shape index (κ3) is 3.65. The zero-order valence-corrected chi connectivity index (χ0v) is 13.6. The SMILES string of the molecule is O=S(=O)(NC1CC2CCC(C1)N2)c1ccc(Cl)c(C(F)(F)F)c1. The van der Waals surface area contributed by atoms with E-state index in [0.29, 0.717) is 18.9 Å². The summed E-state index contributed by atoms with van der Waals surface area (Å²) in [5.41, 5.74) is -1.15. The Morgan fingerprint density at radius 2 is 1.78 bits per heavy atom. The first-order valence-corrected chi connectivity index (χ1v) is 9.16. The highest BCUT2D eigenvalue weighted by Gasteiger charge is 2.37. The molecule has 0 aromatic heterocycles. The number of fused-ring (bicyclic) bond motifs is 2. The molecule has 1 aromatic carbocycles. The Hall–Kier alpha value is -0.830. The molecule has 0 spiro atoms. The smallest absolute Gasteiger partial charge is 0.311 e. The van der Waals surface area contributed by atoms with Crippen molar-refractivity contribution in [3.63, 3.8) is 0 Å². The third-order valence-corrected chi connectivity index (χ3v) is 6.20. The van der Waals surface area contributed by atoms with Crippen molar-refractivity contribution < 1.29 is 21.6 Å². The topological polar surface area (TPSA) is 58.2 Å². The lowest BCUT2D eigenvalue weighted by Crippen LogP contribution is -2.47. The summed E-state index contributed by atoms with van der Waals surface area (Å²) in [5.74, 6) is 0. The minimum absolute atomic E-state index is 0.260. The van der Waals surface area contributed by atoms with Gasteiger partial charge in [0.2, 0.25) is 10.0 Å². The summed E-state index contributed by atoms with van der Waals surface area (Å²) in [6.07, 6.45) is -1.40. The molecule has 3 rings (SSSR count). The van der Waals surface area contributed by atoms with E-state index in [1.165, 1.54) is 0 Å². The van der Waals surface area contributed by atoms with Crippen molar-refractivity contribution in [1.29, 1.82) is 0 Å². The summed E-state index contributed by atoms with van der Waals surface area (Å²) < 4.78 is 65.9. The van der Waals surface area contributed by atoms with E-state index in [9.17, 15) is 21.6 Å². The second kappa shape index (κ2) is 5.91. The van der Waals surface area contributed by atoms with Crippen LogP contribution in [0.2, 0.25) is 5.02 Å². The van der Waals surface area contributed by atoms with Crippen LogP contribution in [0.4, 0.5) is 13.2 Å². The number of benzene rings is 1. The standard InChI is InChI=1S/C14H16ClF3N2O2S/c15-13-4-3-11(7-12(13)14(16,17)18)23(21,22)20-10-5-8-1-2-9(6-10)19-8/h3-4,7-10,19-20H,1-2,5-6H2. The fourth-order valence-corrected chi connectivity index (χ4v) is 4.84. The van der Waals surface area contributed by atoms with Crippen molar-refractivity contribution in [1.82, 2.24) is 10.0 Å². The maximum atomic E-state index is 12.9. The predicted octanol–water partition coefficient (Wildman–Crippen LogP) is 2.92. The molecule has 0 amide bonds. The Morgan fingerprint density at radius 3 is 2.35 bits per heavy atom. The van der Waals surface area contributed by atoms with Crippen molar-refractivity contribution in [3.8, 4) is 0 Å². The molecule has 0 saturated carbocycles. The first kappa shape index (κ1) is 17.0. The summed E-state index contributed by atoms with van der Waals surface area (Å²) in [4.78, 5) is -0.417. The second-order valence-corrected chi connectivity index (χ2v) is 8.19. The van der Waals surface area contributed by atoms with Gasteiger partial charge in [-0.2, -0.15) is 13.2 Å². The van der Waals surface area contributed by atoms with Gasteiger partial charge < -0.3 is 5.32 Å². The molecule has 2 bridgehead atoms. The molecule has 2 saturated heterocycles. The zero-order chi connectivity index (χ0) is 16.8. The molecular formula is C14H16ClF3N2O2S. The number of hydrogen-bond donors (Lipinski definition) is 2. The van der Waals surface area contributed by atoms with Crippen LogP contribution < -0.4 is 10.0 Å². The quantitative estimate of drug-likeness (QED) is 0.862. The van der Waals surface area contributed by atoms with Crippen molar-refractivity contribution in [2.24, 2.45) is 0 Å². The lowest BCUT2D eigenvalue weighted by atomic mass is 10.0. The van der Waals surface area contributed by atoms with Crippen molar-refractivity contribution in [2.75, 3.05) is 0 Å². The molecular weight excluding hydrogens is 353 g/mol. The number of alkyl halides is 3. The Kier molecular flexibility index (Phi) is 4.37. The van der Waals surface area contributed by atoms with Crippen LogP contribution in [0.25, 0.3) is 0 Å². The minimum Gasteiger partial charge on any atom is -0.311 e. The predicted molar refractivity (Wildman–Crippen MR) is 79.7 cm³/mol.